The summed E-state index contributed by atoms with van der Waals surface area (Å²) in [5.41, 5.74) is 6.85. The first-order chi connectivity index (χ1) is 6.53. The number of ether oxygens (including phenoxy) is 1. The molecule has 14 heavy (non-hydrogen) atoms. The minimum absolute atomic E-state index is 0.277. The molecule has 1 atom stereocenters. The number of hydrogen-bond acceptors (Lipinski definition) is 3. The van der Waals surface area contributed by atoms with Crippen molar-refractivity contribution in [2.24, 2.45) is 5.73 Å². The number of phenols is 1. The molecule has 3 heteroatoms. The first-order valence-corrected chi connectivity index (χ1v) is 4.59. The zero-order chi connectivity index (χ0) is 10.8. The van der Waals surface area contributed by atoms with Crippen LogP contribution in [0.15, 0.2) is 18.2 Å². The zero-order valence-electron chi connectivity index (χ0n) is 8.87. The Morgan fingerprint density at radius 3 is 2.57 bits per heavy atom. The summed E-state index contributed by atoms with van der Waals surface area (Å²) in [4.78, 5) is 0. The van der Waals surface area contributed by atoms with Gasteiger partial charge in [0.1, 0.15) is 11.4 Å². The largest absolute Gasteiger partial charge is 0.508 e. The molecule has 0 aliphatic rings. The Bertz CT molecular complexity index is 319. The van der Waals surface area contributed by atoms with Gasteiger partial charge in [-0.15, -0.1) is 0 Å². The first-order valence-electron chi connectivity index (χ1n) is 4.59. The van der Waals surface area contributed by atoms with Gasteiger partial charge in [-0.25, -0.2) is 0 Å². The molecule has 0 aliphatic carbocycles. The molecule has 0 bridgehead atoms. The maximum atomic E-state index is 9.56. The van der Waals surface area contributed by atoms with E-state index in [4.69, 9.17) is 10.5 Å². The standard InChI is InChI=1S/C11H17NO2/c1-8-4-5-9(6-10(8)13)11(2,7-12)14-3/h4-6,13H,7,12H2,1-3H3. The minimum Gasteiger partial charge on any atom is -0.508 e. The van der Waals surface area contributed by atoms with Gasteiger partial charge in [0.2, 0.25) is 0 Å². The van der Waals surface area contributed by atoms with E-state index in [1.165, 1.54) is 0 Å². The molecule has 0 aliphatic heterocycles. The molecule has 0 spiro atoms. The summed E-state index contributed by atoms with van der Waals surface area (Å²) in [5, 5.41) is 9.56. The second-order valence-electron chi connectivity index (χ2n) is 3.64. The molecular formula is C11H17NO2. The van der Waals surface area contributed by atoms with E-state index in [9.17, 15) is 5.11 Å². The quantitative estimate of drug-likeness (QED) is 0.768. The van der Waals surface area contributed by atoms with Gasteiger partial charge in [-0.3, -0.25) is 0 Å². The summed E-state index contributed by atoms with van der Waals surface area (Å²) >= 11 is 0. The normalized spacial score (nSPS) is 15.1. The SMILES string of the molecule is COC(C)(CN)c1ccc(C)c(O)c1. The van der Waals surface area contributed by atoms with Crippen molar-refractivity contribution in [3.05, 3.63) is 29.3 Å². The van der Waals surface area contributed by atoms with E-state index in [0.717, 1.165) is 11.1 Å². The van der Waals surface area contributed by atoms with Crippen molar-refractivity contribution in [2.75, 3.05) is 13.7 Å². The Morgan fingerprint density at radius 1 is 1.50 bits per heavy atom. The van der Waals surface area contributed by atoms with Crippen molar-refractivity contribution < 1.29 is 9.84 Å². The number of methoxy groups -OCH3 is 1. The monoisotopic (exact) mass is 195 g/mol. The van der Waals surface area contributed by atoms with Crippen molar-refractivity contribution in [3.63, 3.8) is 0 Å². The molecule has 0 fully saturated rings. The van der Waals surface area contributed by atoms with Gasteiger partial charge in [-0.05, 0) is 31.0 Å². The first kappa shape index (κ1) is 11.0. The highest BCUT2D eigenvalue weighted by molar-refractivity contribution is 5.37. The van der Waals surface area contributed by atoms with Gasteiger partial charge < -0.3 is 15.6 Å². The molecule has 3 nitrogen and oxygen atoms in total. The molecule has 0 amide bonds. The minimum atomic E-state index is -0.523. The van der Waals surface area contributed by atoms with Gasteiger partial charge in [-0.1, -0.05) is 12.1 Å². The lowest BCUT2D eigenvalue weighted by Gasteiger charge is -2.27. The molecular weight excluding hydrogens is 178 g/mol. The van der Waals surface area contributed by atoms with E-state index >= 15 is 0 Å². The van der Waals surface area contributed by atoms with Crippen LogP contribution in [0.3, 0.4) is 0 Å². The lowest BCUT2D eigenvalue weighted by atomic mass is 9.94. The van der Waals surface area contributed by atoms with Crippen LogP contribution in [0.1, 0.15) is 18.1 Å². The van der Waals surface area contributed by atoms with Crippen LogP contribution in [0, 0.1) is 6.92 Å². The molecule has 1 aromatic carbocycles. The van der Waals surface area contributed by atoms with Crippen LogP contribution in [0.2, 0.25) is 0 Å². The van der Waals surface area contributed by atoms with E-state index in [-0.39, 0.29) is 5.75 Å². The molecule has 1 aromatic rings. The van der Waals surface area contributed by atoms with E-state index in [1.807, 2.05) is 26.0 Å². The van der Waals surface area contributed by atoms with Crippen LogP contribution in [-0.4, -0.2) is 18.8 Å². The maximum absolute atomic E-state index is 9.56. The number of benzene rings is 1. The summed E-state index contributed by atoms with van der Waals surface area (Å²) in [7, 11) is 1.61. The van der Waals surface area contributed by atoms with Gasteiger partial charge in [0.05, 0.1) is 0 Å². The maximum Gasteiger partial charge on any atom is 0.118 e. The molecule has 0 radical (unpaired) electrons. The topological polar surface area (TPSA) is 55.5 Å². The third-order valence-corrected chi connectivity index (χ3v) is 2.66. The van der Waals surface area contributed by atoms with Crippen molar-refractivity contribution >= 4 is 0 Å². The molecule has 0 aromatic heterocycles. The Balaban J connectivity index is 3.12. The van der Waals surface area contributed by atoms with Gasteiger partial charge in [0, 0.05) is 13.7 Å². The number of hydrogen-bond donors (Lipinski definition) is 2. The number of aromatic hydroxyl groups is 1. The van der Waals surface area contributed by atoms with Crippen LogP contribution in [0.5, 0.6) is 5.75 Å². The average Bonchev–Trinajstić information content (AvgIpc) is 2.21. The second-order valence-corrected chi connectivity index (χ2v) is 3.64. The summed E-state index contributed by atoms with van der Waals surface area (Å²) in [5.74, 6) is 0.277. The zero-order valence-corrected chi connectivity index (χ0v) is 8.87. The number of nitrogens with two attached hydrogens (primary N) is 1. The number of phenolic OH excluding ortho intramolecular Hbond substituents is 1. The smallest absolute Gasteiger partial charge is 0.118 e. The summed E-state index contributed by atoms with van der Waals surface area (Å²) < 4.78 is 5.33. The Kier molecular flexibility index (Phi) is 3.13. The summed E-state index contributed by atoms with van der Waals surface area (Å²) in [6.07, 6.45) is 0. The average molecular weight is 195 g/mol. The Morgan fingerprint density at radius 2 is 2.14 bits per heavy atom. The molecule has 0 saturated heterocycles. The van der Waals surface area contributed by atoms with E-state index < -0.39 is 5.60 Å². The number of aryl methyl sites for hydroxylation is 1. The van der Waals surface area contributed by atoms with Crippen molar-refractivity contribution in [1.82, 2.24) is 0 Å². The van der Waals surface area contributed by atoms with Crippen LogP contribution < -0.4 is 5.73 Å². The lowest BCUT2D eigenvalue weighted by molar-refractivity contribution is 0.00991. The molecule has 78 valence electrons. The van der Waals surface area contributed by atoms with Crippen LogP contribution in [0.25, 0.3) is 0 Å². The number of rotatable bonds is 3. The van der Waals surface area contributed by atoms with Crippen LogP contribution in [-0.2, 0) is 10.3 Å². The second kappa shape index (κ2) is 3.98. The van der Waals surface area contributed by atoms with E-state index in [2.05, 4.69) is 0 Å². The van der Waals surface area contributed by atoms with Crippen molar-refractivity contribution in [1.29, 1.82) is 0 Å². The highest BCUT2D eigenvalue weighted by Gasteiger charge is 2.24. The lowest BCUT2D eigenvalue weighted by Crippen LogP contribution is -2.33. The fraction of sp³-hybridized carbons (Fsp3) is 0.455. The van der Waals surface area contributed by atoms with Crippen LogP contribution in [0.4, 0.5) is 0 Å². The summed E-state index contributed by atoms with van der Waals surface area (Å²) in [6, 6.07) is 5.48. The van der Waals surface area contributed by atoms with Gasteiger partial charge in [0.15, 0.2) is 0 Å². The van der Waals surface area contributed by atoms with Gasteiger partial charge in [-0.2, -0.15) is 0 Å². The highest BCUT2D eigenvalue weighted by atomic mass is 16.5. The predicted molar refractivity (Wildman–Crippen MR) is 56.3 cm³/mol. The third kappa shape index (κ3) is 1.89. The molecule has 1 unspecified atom stereocenters. The Labute approximate surface area is 84.5 Å². The van der Waals surface area contributed by atoms with Gasteiger partial charge in [0.25, 0.3) is 0 Å². The van der Waals surface area contributed by atoms with Crippen molar-refractivity contribution in [2.45, 2.75) is 19.4 Å². The van der Waals surface area contributed by atoms with Gasteiger partial charge >= 0.3 is 0 Å². The van der Waals surface area contributed by atoms with Crippen LogP contribution >= 0.6 is 0 Å². The predicted octanol–water partition coefficient (Wildman–Crippen LogP) is 1.52. The highest BCUT2D eigenvalue weighted by Crippen LogP contribution is 2.27. The van der Waals surface area contributed by atoms with E-state index in [1.54, 1.807) is 13.2 Å². The molecule has 3 N–H and O–H groups in total. The van der Waals surface area contributed by atoms with E-state index in [0.29, 0.717) is 6.54 Å². The molecule has 1 rings (SSSR count). The fourth-order valence-electron chi connectivity index (χ4n) is 1.26. The summed E-state index contributed by atoms with van der Waals surface area (Å²) in [6.45, 7) is 4.13. The van der Waals surface area contributed by atoms with Crippen molar-refractivity contribution in [3.8, 4) is 5.75 Å². The molecule has 0 heterocycles. The third-order valence-electron chi connectivity index (χ3n) is 2.66. The Hall–Kier alpha value is -1.06. The fourth-order valence-corrected chi connectivity index (χ4v) is 1.26. The molecule has 0 saturated carbocycles.